The molecule has 0 aliphatic heterocycles. The molecule has 0 atom stereocenters. The number of anilines is 6. The second kappa shape index (κ2) is 16.1. The molecule has 14 aromatic rings. The van der Waals surface area contributed by atoms with Crippen LogP contribution in [0.25, 0.3) is 97.7 Å². The average Bonchev–Trinajstić information content (AvgIpc) is 4.17. The predicted octanol–water partition coefficient (Wildman–Crippen LogP) is 20.8. The van der Waals surface area contributed by atoms with Crippen molar-refractivity contribution in [2.45, 2.75) is 52.4 Å². The predicted molar refractivity (Wildman–Crippen MR) is 313 cm³/mol. The van der Waals surface area contributed by atoms with Crippen LogP contribution in [0.15, 0.2) is 214 Å². The van der Waals surface area contributed by atoms with E-state index >= 15 is 0 Å². The van der Waals surface area contributed by atoms with Crippen LogP contribution in [0.5, 0.6) is 0 Å². The van der Waals surface area contributed by atoms with E-state index in [0.717, 1.165) is 99.5 Å². The maximum atomic E-state index is 7.36. The molecular formula is C68H52N2O2S. The lowest BCUT2D eigenvalue weighted by Crippen LogP contribution is -2.14. The number of nitrogens with zero attached hydrogens (tertiary/aromatic N) is 2. The highest BCUT2D eigenvalue weighted by molar-refractivity contribution is 7.09. The minimum Gasteiger partial charge on any atom is -0.455 e. The van der Waals surface area contributed by atoms with E-state index in [0.29, 0.717) is 0 Å². The summed E-state index contributed by atoms with van der Waals surface area (Å²) < 4.78 is 14.7. The summed E-state index contributed by atoms with van der Waals surface area (Å²) in [7, 11) is 0. The van der Waals surface area contributed by atoms with Crippen LogP contribution in [0.2, 0.25) is 0 Å². The van der Waals surface area contributed by atoms with Crippen molar-refractivity contribution in [3.63, 3.8) is 0 Å². The van der Waals surface area contributed by atoms with E-state index in [2.05, 4.69) is 256 Å². The first-order valence-corrected chi connectivity index (χ1v) is 26.2. The standard InChI is InChI=1S/C68H52N2O2S/c1-67(2,3)43-29-33-45(34-30-43)69(55-25-15-19-41-17-7-9-21-47(41)55)57-37-51-53-39-73-40-54(53)52-38-58(70(46-35-31-44(32-36-46)68(4,5)6)56-26-16-20-42-18-8-10-22-48(42)56)62-50-24-12-14-28-60(50)72-66(62)64(52)63(51)65-61(57)49-23-11-13-27-59(49)71-65/h7-40H,1-6H3. The number of benzene rings is 11. The molecule has 3 aromatic heterocycles. The van der Waals surface area contributed by atoms with E-state index < -0.39 is 0 Å². The molecule has 0 amide bonds. The van der Waals surface area contributed by atoms with Crippen LogP contribution < -0.4 is 9.80 Å². The fraction of sp³-hybridized carbons (Fsp3) is 0.118. The van der Waals surface area contributed by atoms with E-state index in [4.69, 9.17) is 8.83 Å². The lowest BCUT2D eigenvalue weighted by molar-refractivity contribution is 0.590. The van der Waals surface area contributed by atoms with Gasteiger partial charge >= 0.3 is 0 Å². The molecule has 0 saturated carbocycles. The van der Waals surface area contributed by atoms with Gasteiger partial charge in [0.15, 0.2) is 0 Å². The molecule has 0 fully saturated rings. The van der Waals surface area contributed by atoms with Gasteiger partial charge in [0.2, 0.25) is 0 Å². The maximum Gasteiger partial charge on any atom is 0.146 e. The van der Waals surface area contributed by atoms with Crippen LogP contribution in [-0.2, 0) is 10.8 Å². The molecule has 0 N–H and O–H groups in total. The van der Waals surface area contributed by atoms with Crippen molar-refractivity contribution in [1.82, 2.24) is 0 Å². The van der Waals surface area contributed by atoms with Crippen molar-refractivity contribution < 1.29 is 8.83 Å². The van der Waals surface area contributed by atoms with E-state index in [1.807, 2.05) is 0 Å². The van der Waals surface area contributed by atoms with Gasteiger partial charge in [0.05, 0.1) is 33.5 Å². The van der Waals surface area contributed by atoms with Crippen LogP contribution in [0, 0.1) is 0 Å². The summed E-state index contributed by atoms with van der Waals surface area (Å²) in [6.07, 6.45) is 0. The van der Waals surface area contributed by atoms with Crippen molar-refractivity contribution in [3.8, 4) is 0 Å². The Kier molecular flexibility index (Phi) is 9.55. The number of thiophene rings is 1. The van der Waals surface area contributed by atoms with Crippen molar-refractivity contribution in [1.29, 1.82) is 0 Å². The molecular weight excluding hydrogens is 909 g/mol. The zero-order chi connectivity index (χ0) is 49.3. The summed E-state index contributed by atoms with van der Waals surface area (Å²) in [5, 5.41) is 20.2. The monoisotopic (exact) mass is 960 g/mol. The number of hydrogen-bond donors (Lipinski definition) is 0. The Hall–Kier alpha value is -8.38. The van der Waals surface area contributed by atoms with Crippen molar-refractivity contribution >= 4 is 143 Å². The molecule has 0 aliphatic rings. The smallest absolute Gasteiger partial charge is 0.146 e. The summed E-state index contributed by atoms with van der Waals surface area (Å²) >= 11 is 1.74. The molecule has 5 heteroatoms. The number of rotatable bonds is 6. The van der Waals surface area contributed by atoms with Crippen LogP contribution in [0.3, 0.4) is 0 Å². The van der Waals surface area contributed by atoms with Crippen LogP contribution in [-0.4, -0.2) is 0 Å². The number of hydrogen-bond acceptors (Lipinski definition) is 5. The lowest BCUT2D eigenvalue weighted by atomic mass is 9.87. The first-order chi connectivity index (χ1) is 35.5. The van der Waals surface area contributed by atoms with Gasteiger partial charge in [0.25, 0.3) is 0 Å². The Morgan fingerprint density at radius 1 is 0.329 bits per heavy atom. The third-order valence-corrected chi connectivity index (χ3v) is 16.0. The molecule has 4 nitrogen and oxygen atoms in total. The van der Waals surface area contributed by atoms with E-state index in [1.165, 1.54) is 43.4 Å². The minimum absolute atomic E-state index is 0.00392. The van der Waals surface area contributed by atoms with Gasteiger partial charge in [0.1, 0.15) is 22.3 Å². The van der Waals surface area contributed by atoms with Gasteiger partial charge in [0, 0.05) is 54.5 Å². The second-order valence-corrected chi connectivity index (χ2v) is 22.4. The van der Waals surface area contributed by atoms with Crippen LogP contribution >= 0.6 is 11.3 Å². The Balaban J connectivity index is 1.15. The highest BCUT2D eigenvalue weighted by atomic mass is 32.1. The first kappa shape index (κ1) is 43.4. The maximum absolute atomic E-state index is 7.36. The normalized spacial score (nSPS) is 12.5. The number of fused-ring (bicyclic) bond motifs is 16. The van der Waals surface area contributed by atoms with Crippen LogP contribution in [0.1, 0.15) is 52.7 Å². The summed E-state index contributed by atoms with van der Waals surface area (Å²) in [5.74, 6) is 0. The molecule has 0 unspecified atom stereocenters. The molecule has 0 spiro atoms. The van der Waals surface area contributed by atoms with Gasteiger partial charge in [-0.15, -0.1) is 0 Å². The Bertz CT molecular complexity index is 4220. The summed E-state index contributed by atoms with van der Waals surface area (Å²) in [6.45, 7) is 13.7. The van der Waals surface area contributed by atoms with Crippen molar-refractivity contribution in [3.05, 3.63) is 216 Å². The van der Waals surface area contributed by atoms with Gasteiger partial charge in [-0.3, -0.25) is 0 Å². The zero-order valence-corrected chi connectivity index (χ0v) is 42.6. The molecule has 0 radical (unpaired) electrons. The highest BCUT2D eigenvalue weighted by Gasteiger charge is 2.30. The SMILES string of the molecule is CC(C)(C)c1ccc(N(c2cccc3ccccc23)c2cc3c4cscc4c4cc(N(c5ccc(C(C)(C)C)cc5)c5cccc6ccccc56)c5c6ccccc6oc5c4c3c3oc4ccccc4c23)cc1. The van der Waals surface area contributed by atoms with E-state index in [1.54, 1.807) is 11.3 Å². The highest BCUT2D eigenvalue weighted by Crippen LogP contribution is 2.55. The summed E-state index contributed by atoms with van der Waals surface area (Å²) in [6, 6.07) is 71.0. The largest absolute Gasteiger partial charge is 0.455 e. The third-order valence-electron chi connectivity index (χ3n) is 15.2. The van der Waals surface area contributed by atoms with Gasteiger partial charge in [-0.25, -0.2) is 0 Å². The third kappa shape index (κ3) is 6.72. The fourth-order valence-corrected chi connectivity index (χ4v) is 12.4. The molecule has 3 heterocycles. The van der Waals surface area contributed by atoms with Gasteiger partial charge in [-0.05, 0) is 115 Å². The molecule has 0 aliphatic carbocycles. The zero-order valence-electron chi connectivity index (χ0n) is 41.7. The second-order valence-electron chi connectivity index (χ2n) is 21.7. The van der Waals surface area contributed by atoms with Crippen molar-refractivity contribution in [2.75, 3.05) is 9.80 Å². The Labute approximate surface area is 427 Å². The molecule has 0 bridgehead atoms. The van der Waals surface area contributed by atoms with Crippen LogP contribution in [0.4, 0.5) is 34.1 Å². The number of furan rings is 2. The van der Waals surface area contributed by atoms with E-state index in [9.17, 15) is 0 Å². The summed E-state index contributed by atoms with van der Waals surface area (Å²) in [4.78, 5) is 4.93. The van der Waals surface area contributed by atoms with Gasteiger partial charge < -0.3 is 18.6 Å². The van der Waals surface area contributed by atoms with Crippen molar-refractivity contribution in [2.24, 2.45) is 0 Å². The first-order valence-electron chi connectivity index (χ1n) is 25.3. The molecule has 14 rings (SSSR count). The molecule has 0 saturated heterocycles. The molecule has 352 valence electrons. The Morgan fingerprint density at radius 2 is 0.699 bits per heavy atom. The lowest BCUT2D eigenvalue weighted by Gasteiger charge is -2.30. The van der Waals surface area contributed by atoms with Gasteiger partial charge in [-0.2, -0.15) is 11.3 Å². The number of para-hydroxylation sites is 2. The summed E-state index contributed by atoms with van der Waals surface area (Å²) in [5.41, 5.74) is 12.4. The minimum atomic E-state index is -0.00392. The topological polar surface area (TPSA) is 32.8 Å². The van der Waals surface area contributed by atoms with E-state index in [-0.39, 0.29) is 10.8 Å². The average molecular weight is 961 g/mol. The Morgan fingerprint density at radius 3 is 1.11 bits per heavy atom. The molecule has 11 aromatic carbocycles. The fourth-order valence-electron chi connectivity index (χ4n) is 11.6. The quantitative estimate of drug-likeness (QED) is 0.156. The van der Waals surface area contributed by atoms with Gasteiger partial charge in [-0.1, -0.05) is 175 Å². The molecule has 73 heavy (non-hydrogen) atoms.